The van der Waals surface area contributed by atoms with Crippen LogP contribution in [-0.4, -0.2) is 79.2 Å². The number of aryl methyl sites for hydroxylation is 3. The van der Waals surface area contributed by atoms with E-state index in [1.807, 2.05) is 0 Å². The number of fused-ring (bicyclic) bond motifs is 1. The van der Waals surface area contributed by atoms with Gasteiger partial charge in [-0.2, -0.15) is 0 Å². The Kier molecular flexibility index (Phi) is 5.45. The van der Waals surface area contributed by atoms with E-state index in [4.69, 9.17) is 4.74 Å². The molecule has 6 nitrogen and oxygen atoms in total. The molecule has 0 spiro atoms. The van der Waals surface area contributed by atoms with Gasteiger partial charge in [-0.15, -0.1) is 0 Å². The number of carbonyl (C=O) groups is 1. The first-order chi connectivity index (χ1) is 13.4. The molecule has 1 amide bonds. The molecule has 0 aliphatic carbocycles. The van der Waals surface area contributed by atoms with Gasteiger partial charge in [0.2, 0.25) is 5.91 Å². The zero-order chi connectivity index (χ0) is 19.8. The van der Waals surface area contributed by atoms with E-state index in [1.165, 1.54) is 16.5 Å². The number of H-pyrrole nitrogens is 1. The summed E-state index contributed by atoms with van der Waals surface area (Å²) in [4.78, 5) is 21.2. The molecule has 2 aromatic rings. The molecule has 0 unspecified atom stereocenters. The number of benzene rings is 1. The van der Waals surface area contributed by atoms with Crippen molar-refractivity contribution in [3.63, 3.8) is 0 Å². The molecule has 2 N–H and O–H groups in total. The minimum absolute atomic E-state index is 0.0740. The molecule has 2 saturated heterocycles. The van der Waals surface area contributed by atoms with E-state index in [0.29, 0.717) is 19.6 Å². The fourth-order valence-electron chi connectivity index (χ4n) is 4.68. The molecule has 4 rings (SSSR count). The molecule has 2 aliphatic rings. The molecule has 6 heteroatoms. The van der Waals surface area contributed by atoms with Gasteiger partial charge in [0.05, 0.1) is 31.7 Å². The first-order valence-corrected chi connectivity index (χ1v) is 10.3. The number of nitrogens with one attached hydrogen (secondary N) is 2. The van der Waals surface area contributed by atoms with E-state index >= 15 is 0 Å². The van der Waals surface area contributed by atoms with Crippen LogP contribution in [-0.2, 0) is 16.0 Å². The second-order valence-corrected chi connectivity index (χ2v) is 8.53. The number of aromatic nitrogens is 1. The Morgan fingerprint density at radius 1 is 1.18 bits per heavy atom. The average molecular weight is 385 g/mol. The highest BCUT2D eigenvalue weighted by Crippen LogP contribution is 2.27. The van der Waals surface area contributed by atoms with E-state index in [2.05, 4.69) is 60.1 Å². The van der Waals surface area contributed by atoms with Crippen LogP contribution in [0.15, 0.2) is 12.1 Å². The third-order valence-corrected chi connectivity index (χ3v) is 6.31. The van der Waals surface area contributed by atoms with Gasteiger partial charge in [-0.3, -0.25) is 9.69 Å². The molecule has 0 bridgehead atoms. The summed E-state index contributed by atoms with van der Waals surface area (Å²) in [5.74, 6) is 0.0813. The lowest BCUT2D eigenvalue weighted by Gasteiger charge is -2.38. The highest BCUT2D eigenvalue weighted by molar-refractivity contribution is 5.92. The van der Waals surface area contributed by atoms with Crippen LogP contribution in [0.4, 0.5) is 0 Å². The molecule has 3 heterocycles. The van der Waals surface area contributed by atoms with Crippen molar-refractivity contribution >= 4 is 16.8 Å². The predicted molar refractivity (Wildman–Crippen MR) is 112 cm³/mol. The fourth-order valence-corrected chi connectivity index (χ4v) is 4.68. The summed E-state index contributed by atoms with van der Waals surface area (Å²) < 4.78 is 5.74. The van der Waals surface area contributed by atoms with Gasteiger partial charge in [0.1, 0.15) is 0 Å². The van der Waals surface area contributed by atoms with Crippen LogP contribution in [0.1, 0.15) is 22.4 Å². The number of rotatable bonds is 4. The van der Waals surface area contributed by atoms with Crippen LogP contribution in [0, 0.1) is 20.8 Å². The normalized spacial score (nSPS) is 24.1. The zero-order valence-electron chi connectivity index (χ0n) is 17.5. The highest BCUT2D eigenvalue weighted by atomic mass is 16.5. The van der Waals surface area contributed by atoms with Gasteiger partial charge in [0.25, 0.3) is 0 Å². The molecule has 0 radical (unpaired) electrons. The predicted octanol–water partition coefficient (Wildman–Crippen LogP) is 1.77. The zero-order valence-corrected chi connectivity index (χ0v) is 17.5. The average Bonchev–Trinajstić information content (AvgIpc) is 3.22. The number of hydrogen-bond acceptors (Lipinski definition) is 4. The summed E-state index contributed by atoms with van der Waals surface area (Å²) in [6.45, 7) is 11.8. The smallest absolute Gasteiger partial charge is 0.224 e. The minimum Gasteiger partial charge on any atom is -0.378 e. The molecule has 1 aromatic carbocycles. The van der Waals surface area contributed by atoms with E-state index in [-0.39, 0.29) is 18.0 Å². The Bertz CT molecular complexity index is 867. The van der Waals surface area contributed by atoms with Crippen molar-refractivity contribution in [2.24, 2.45) is 0 Å². The Balaban J connectivity index is 1.46. The monoisotopic (exact) mass is 384 g/mol. The second kappa shape index (κ2) is 7.85. The number of aromatic amines is 1. The summed E-state index contributed by atoms with van der Waals surface area (Å²) in [5, 5.41) is 4.43. The van der Waals surface area contributed by atoms with Gasteiger partial charge in [-0.25, -0.2) is 0 Å². The van der Waals surface area contributed by atoms with E-state index in [1.54, 1.807) is 0 Å². The fraction of sp³-hybridized carbons (Fsp3) is 0.591. The Hall–Kier alpha value is -1.89. The van der Waals surface area contributed by atoms with Crippen LogP contribution in [0.3, 0.4) is 0 Å². The first-order valence-electron chi connectivity index (χ1n) is 10.3. The number of ether oxygens (including phenoxy) is 1. The summed E-state index contributed by atoms with van der Waals surface area (Å²) in [6, 6.07) is 4.72. The number of amides is 1. The molecule has 2 atom stereocenters. The molecule has 28 heavy (non-hydrogen) atoms. The molecular formula is C22H32N4O2. The molecule has 2 aliphatic heterocycles. The van der Waals surface area contributed by atoms with Crippen molar-refractivity contribution in [3.05, 3.63) is 34.5 Å². The Morgan fingerprint density at radius 3 is 2.68 bits per heavy atom. The van der Waals surface area contributed by atoms with Crippen LogP contribution < -0.4 is 5.32 Å². The minimum atomic E-state index is 0.0740. The second-order valence-electron chi connectivity index (χ2n) is 8.53. The number of nitrogens with zero attached hydrogens (tertiary/aromatic N) is 2. The third kappa shape index (κ3) is 3.81. The van der Waals surface area contributed by atoms with E-state index in [9.17, 15) is 4.79 Å². The number of likely N-dealkylation sites (N-methyl/N-ethyl adjacent to an activating group) is 1. The summed E-state index contributed by atoms with van der Waals surface area (Å²) in [5.41, 5.74) is 5.78. The number of carbonyl (C=O) groups excluding carboxylic acids is 1. The van der Waals surface area contributed by atoms with Crippen LogP contribution in [0.2, 0.25) is 0 Å². The van der Waals surface area contributed by atoms with Gasteiger partial charge >= 0.3 is 0 Å². The van der Waals surface area contributed by atoms with Crippen molar-refractivity contribution in [3.8, 4) is 0 Å². The van der Waals surface area contributed by atoms with Crippen molar-refractivity contribution in [2.45, 2.75) is 39.3 Å². The van der Waals surface area contributed by atoms with Crippen molar-refractivity contribution in [1.29, 1.82) is 0 Å². The number of piperazine rings is 1. The lowest BCUT2D eigenvalue weighted by Crippen LogP contribution is -2.56. The maximum Gasteiger partial charge on any atom is 0.224 e. The van der Waals surface area contributed by atoms with Gasteiger partial charge in [0.15, 0.2) is 0 Å². The standard InChI is InChI=1S/C22H32N4O2/c1-14-9-15(2)22-18(10-14)17(16(3)23-22)11-21(27)24-19-12-28-13-20(19)26-7-5-25(4)6-8-26/h9-10,19-20,23H,5-8,11-13H2,1-4H3,(H,24,27)/t19-,20-/m0/s1. The van der Waals surface area contributed by atoms with Crippen molar-refractivity contribution in [1.82, 2.24) is 20.1 Å². The molecule has 2 fully saturated rings. The summed E-state index contributed by atoms with van der Waals surface area (Å²) >= 11 is 0. The topological polar surface area (TPSA) is 60.6 Å². The van der Waals surface area contributed by atoms with Crippen molar-refractivity contribution in [2.75, 3.05) is 46.4 Å². The van der Waals surface area contributed by atoms with Crippen molar-refractivity contribution < 1.29 is 9.53 Å². The number of hydrogen-bond donors (Lipinski definition) is 2. The third-order valence-electron chi connectivity index (χ3n) is 6.31. The maximum atomic E-state index is 12.9. The van der Waals surface area contributed by atoms with Gasteiger partial charge in [-0.05, 0) is 45.0 Å². The largest absolute Gasteiger partial charge is 0.378 e. The Labute approximate surface area is 167 Å². The van der Waals surface area contributed by atoms with Gasteiger partial charge < -0.3 is 19.9 Å². The Morgan fingerprint density at radius 2 is 1.93 bits per heavy atom. The summed E-state index contributed by atoms with van der Waals surface area (Å²) in [6.07, 6.45) is 0.403. The van der Waals surface area contributed by atoms with Gasteiger partial charge in [-0.1, -0.05) is 11.6 Å². The molecule has 152 valence electrons. The quantitative estimate of drug-likeness (QED) is 0.843. The van der Waals surface area contributed by atoms with E-state index in [0.717, 1.165) is 43.0 Å². The van der Waals surface area contributed by atoms with Crippen LogP contribution in [0.5, 0.6) is 0 Å². The van der Waals surface area contributed by atoms with Gasteiger partial charge in [0, 0.05) is 42.8 Å². The highest BCUT2D eigenvalue weighted by Gasteiger charge is 2.35. The van der Waals surface area contributed by atoms with Crippen LogP contribution in [0.25, 0.3) is 10.9 Å². The maximum absolute atomic E-state index is 12.9. The first kappa shape index (κ1) is 19.4. The van der Waals surface area contributed by atoms with Crippen LogP contribution >= 0.6 is 0 Å². The lowest BCUT2D eigenvalue weighted by atomic mass is 10.0. The SMILES string of the molecule is Cc1cc(C)c2[nH]c(C)c(CC(=O)N[C@H]3COC[C@@H]3N3CCN(C)CC3)c2c1. The van der Waals surface area contributed by atoms with E-state index < -0.39 is 0 Å². The summed E-state index contributed by atoms with van der Waals surface area (Å²) in [7, 11) is 2.16. The lowest BCUT2D eigenvalue weighted by molar-refractivity contribution is -0.121. The molecular weight excluding hydrogens is 352 g/mol. The molecule has 1 aromatic heterocycles. The molecule has 0 saturated carbocycles.